The minimum absolute atomic E-state index is 0.0500. The second kappa shape index (κ2) is 5.27. The van der Waals surface area contributed by atoms with Crippen LogP contribution in [0.15, 0.2) is 23.1 Å². The van der Waals surface area contributed by atoms with Crippen molar-refractivity contribution in [3.05, 3.63) is 34.2 Å². The van der Waals surface area contributed by atoms with Crippen molar-refractivity contribution in [3.63, 3.8) is 0 Å². The summed E-state index contributed by atoms with van der Waals surface area (Å²) in [7, 11) is 1.79. The number of hydrogen-bond acceptors (Lipinski definition) is 3. The molecule has 1 N–H and O–H groups in total. The van der Waals surface area contributed by atoms with Crippen molar-refractivity contribution in [2.75, 3.05) is 12.3 Å². The lowest BCUT2D eigenvalue weighted by Gasteiger charge is -2.14. The largest absolute Gasteiger partial charge is 0.318 e. The topological polar surface area (TPSA) is 34.0 Å². The van der Waals surface area contributed by atoms with Gasteiger partial charge in [-0.1, -0.05) is 13.0 Å². The van der Waals surface area contributed by atoms with Gasteiger partial charge in [0.2, 0.25) is 5.56 Å². The number of nitrogens with one attached hydrogen (secondary N) is 1. The van der Waals surface area contributed by atoms with Crippen molar-refractivity contribution in [2.45, 2.75) is 31.1 Å². The van der Waals surface area contributed by atoms with Crippen LogP contribution in [-0.2, 0) is 13.6 Å². The Kier molecular flexibility index (Phi) is 3.94. The highest BCUT2D eigenvalue weighted by atomic mass is 32.2. The van der Waals surface area contributed by atoms with Crippen LogP contribution in [0.5, 0.6) is 0 Å². The van der Waals surface area contributed by atoms with Gasteiger partial charge in [-0.05, 0) is 24.2 Å². The van der Waals surface area contributed by atoms with Gasteiger partial charge in [-0.15, -0.1) is 0 Å². The van der Waals surface area contributed by atoms with E-state index < -0.39 is 0 Å². The van der Waals surface area contributed by atoms with E-state index in [0.29, 0.717) is 4.75 Å². The third kappa shape index (κ3) is 3.36. The molecule has 0 radical (unpaired) electrons. The van der Waals surface area contributed by atoms with Gasteiger partial charge in [0.1, 0.15) is 0 Å². The summed E-state index contributed by atoms with van der Waals surface area (Å²) < 4.78 is 2.14. The van der Waals surface area contributed by atoms with E-state index in [4.69, 9.17) is 0 Å². The SMILES string of the molecule is CCSC1(CNCc2ccc(=O)n(C)c2)CC1. The van der Waals surface area contributed by atoms with Crippen LogP contribution < -0.4 is 10.9 Å². The zero-order valence-corrected chi connectivity index (χ0v) is 11.3. The van der Waals surface area contributed by atoms with Gasteiger partial charge in [-0.2, -0.15) is 11.8 Å². The van der Waals surface area contributed by atoms with E-state index in [9.17, 15) is 4.79 Å². The number of aryl methyl sites for hydroxylation is 1. The Hall–Kier alpha value is -0.740. The molecule has 1 aromatic heterocycles. The zero-order valence-electron chi connectivity index (χ0n) is 10.5. The molecule has 1 aliphatic rings. The molecular formula is C13H20N2OS. The molecule has 1 aliphatic carbocycles. The zero-order chi connectivity index (χ0) is 12.3. The first-order chi connectivity index (χ1) is 8.15. The molecular weight excluding hydrogens is 232 g/mol. The summed E-state index contributed by atoms with van der Waals surface area (Å²) in [6.45, 7) is 4.15. The molecule has 1 heterocycles. The van der Waals surface area contributed by atoms with Crippen molar-refractivity contribution in [3.8, 4) is 0 Å². The highest BCUT2D eigenvalue weighted by Gasteiger charge is 2.41. The van der Waals surface area contributed by atoms with E-state index in [0.717, 1.165) is 13.1 Å². The third-order valence-corrected chi connectivity index (χ3v) is 4.64. The fourth-order valence-electron chi connectivity index (χ4n) is 2.01. The highest BCUT2D eigenvalue weighted by molar-refractivity contribution is 8.00. The van der Waals surface area contributed by atoms with Crippen LogP contribution in [0.25, 0.3) is 0 Å². The smallest absolute Gasteiger partial charge is 0.250 e. The summed E-state index contributed by atoms with van der Waals surface area (Å²) in [5, 5.41) is 3.50. The molecule has 1 fully saturated rings. The Morgan fingerprint density at radius 3 is 2.82 bits per heavy atom. The fourth-order valence-corrected chi connectivity index (χ4v) is 3.22. The standard InChI is InChI=1S/C13H20N2OS/c1-3-17-13(6-7-13)10-14-8-11-4-5-12(16)15(2)9-11/h4-5,9,14H,3,6-8,10H2,1-2H3. The molecule has 1 aromatic rings. The molecule has 1 saturated carbocycles. The molecule has 0 unspecified atom stereocenters. The lowest BCUT2D eigenvalue weighted by Crippen LogP contribution is -2.26. The lowest BCUT2D eigenvalue weighted by molar-refractivity contribution is 0.656. The lowest BCUT2D eigenvalue weighted by atomic mass is 10.2. The van der Waals surface area contributed by atoms with Gasteiger partial charge >= 0.3 is 0 Å². The molecule has 0 aliphatic heterocycles. The minimum Gasteiger partial charge on any atom is -0.318 e. The van der Waals surface area contributed by atoms with Gasteiger partial charge in [0.25, 0.3) is 0 Å². The normalized spacial score (nSPS) is 17.1. The molecule has 17 heavy (non-hydrogen) atoms. The highest BCUT2D eigenvalue weighted by Crippen LogP contribution is 2.47. The quantitative estimate of drug-likeness (QED) is 0.837. The summed E-state index contributed by atoms with van der Waals surface area (Å²) in [5.41, 5.74) is 1.22. The molecule has 0 saturated heterocycles. The van der Waals surface area contributed by atoms with Crippen LogP contribution in [0, 0.1) is 0 Å². The Morgan fingerprint density at radius 2 is 2.24 bits per heavy atom. The maximum atomic E-state index is 11.2. The number of pyridine rings is 1. The third-order valence-electron chi connectivity index (χ3n) is 3.18. The van der Waals surface area contributed by atoms with Crippen LogP contribution in [0.1, 0.15) is 25.3 Å². The van der Waals surface area contributed by atoms with Gasteiger partial charge in [0.15, 0.2) is 0 Å². The Labute approximate surface area is 107 Å². The monoisotopic (exact) mass is 252 g/mol. The Balaban J connectivity index is 1.82. The maximum Gasteiger partial charge on any atom is 0.250 e. The van der Waals surface area contributed by atoms with E-state index in [1.54, 1.807) is 17.7 Å². The second-order valence-electron chi connectivity index (χ2n) is 4.71. The first-order valence-electron chi connectivity index (χ1n) is 6.15. The molecule has 0 bridgehead atoms. The van der Waals surface area contributed by atoms with Crippen LogP contribution in [-0.4, -0.2) is 21.6 Å². The van der Waals surface area contributed by atoms with Crippen molar-refractivity contribution >= 4 is 11.8 Å². The van der Waals surface area contributed by atoms with Gasteiger partial charge in [-0.3, -0.25) is 4.79 Å². The van der Waals surface area contributed by atoms with E-state index in [-0.39, 0.29) is 5.56 Å². The minimum atomic E-state index is 0.0500. The fraction of sp³-hybridized carbons (Fsp3) is 0.615. The number of hydrogen-bond donors (Lipinski definition) is 1. The van der Waals surface area contributed by atoms with Crippen molar-refractivity contribution in [1.29, 1.82) is 0 Å². The van der Waals surface area contributed by atoms with Crippen LogP contribution in [0.2, 0.25) is 0 Å². The predicted molar refractivity (Wildman–Crippen MR) is 73.5 cm³/mol. The van der Waals surface area contributed by atoms with Crippen molar-refractivity contribution in [2.24, 2.45) is 7.05 Å². The maximum absolute atomic E-state index is 11.2. The molecule has 0 spiro atoms. The summed E-state index contributed by atoms with van der Waals surface area (Å²) in [5.74, 6) is 1.20. The first-order valence-corrected chi connectivity index (χ1v) is 7.14. The molecule has 2 rings (SSSR count). The number of rotatable bonds is 6. The molecule has 94 valence electrons. The van der Waals surface area contributed by atoms with Crippen molar-refractivity contribution < 1.29 is 0 Å². The van der Waals surface area contributed by atoms with Crippen molar-refractivity contribution in [1.82, 2.24) is 9.88 Å². The van der Waals surface area contributed by atoms with E-state index in [2.05, 4.69) is 24.0 Å². The van der Waals surface area contributed by atoms with Crippen LogP contribution in [0.4, 0.5) is 0 Å². The molecule has 0 amide bonds. The summed E-state index contributed by atoms with van der Waals surface area (Å²) >= 11 is 2.07. The summed E-state index contributed by atoms with van der Waals surface area (Å²) in [6, 6.07) is 3.53. The van der Waals surface area contributed by atoms with Gasteiger partial charge in [0, 0.05) is 37.1 Å². The van der Waals surface area contributed by atoms with E-state index in [1.165, 1.54) is 24.2 Å². The van der Waals surface area contributed by atoms with Gasteiger partial charge < -0.3 is 9.88 Å². The van der Waals surface area contributed by atoms with Crippen LogP contribution in [0.3, 0.4) is 0 Å². The van der Waals surface area contributed by atoms with Crippen LogP contribution >= 0.6 is 11.8 Å². The van der Waals surface area contributed by atoms with E-state index >= 15 is 0 Å². The number of aromatic nitrogens is 1. The number of thioether (sulfide) groups is 1. The van der Waals surface area contributed by atoms with Gasteiger partial charge in [-0.25, -0.2) is 0 Å². The summed E-state index contributed by atoms with van der Waals surface area (Å²) in [4.78, 5) is 11.2. The molecule has 0 atom stereocenters. The Bertz CT molecular complexity index is 437. The van der Waals surface area contributed by atoms with Gasteiger partial charge in [0.05, 0.1) is 0 Å². The first kappa shape index (κ1) is 12.7. The Morgan fingerprint density at radius 1 is 1.47 bits per heavy atom. The average molecular weight is 252 g/mol. The average Bonchev–Trinajstić information content (AvgIpc) is 3.04. The summed E-state index contributed by atoms with van der Waals surface area (Å²) in [6.07, 6.45) is 4.58. The number of nitrogens with zero attached hydrogens (tertiary/aromatic N) is 1. The second-order valence-corrected chi connectivity index (χ2v) is 6.44. The predicted octanol–water partition coefficient (Wildman–Crippen LogP) is 1.76. The molecule has 4 heteroatoms. The molecule has 0 aromatic carbocycles. The molecule has 3 nitrogen and oxygen atoms in total. The van der Waals surface area contributed by atoms with E-state index in [1.807, 2.05) is 12.3 Å².